The Morgan fingerprint density at radius 3 is 3.15 bits per heavy atom. The third kappa shape index (κ3) is 2.73. The molecule has 0 unspecified atom stereocenters. The summed E-state index contributed by atoms with van der Waals surface area (Å²) in [5.41, 5.74) is -0.0283. The summed E-state index contributed by atoms with van der Waals surface area (Å²) >= 11 is 0. The van der Waals surface area contributed by atoms with Crippen molar-refractivity contribution < 1.29 is 4.74 Å². The van der Waals surface area contributed by atoms with Gasteiger partial charge in [-0.15, -0.1) is 0 Å². The summed E-state index contributed by atoms with van der Waals surface area (Å²) in [5, 5.41) is 9.34. The van der Waals surface area contributed by atoms with Crippen LogP contribution in [-0.2, 0) is 11.3 Å². The maximum absolute atomic E-state index is 12.3. The van der Waals surface area contributed by atoms with Gasteiger partial charge in [0, 0.05) is 24.1 Å². The average Bonchev–Trinajstić information content (AvgIpc) is 2.95. The fourth-order valence-electron chi connectivity index (χ4n) is 2.64. The van der Waals surface area contributed by atoms with Gasteiger partial charge in [-0.3, -0.25) is 4.79 Å². The predicted molar refractivity (Wildman–Crippen MR) is 77.8 cm³/mol. The van der Waals surface area contributed by atoms with Crippen LogP contribution in [0.4, 0.5) is 0 Å². The van der Waals surface area contributed by atoms with E-state index < -0.39 is 0 Å². The third-order valence-electron chi connectivity index (χ3n) is 3.66. The van der Waals surface area contributed by atoms with Gasteiger partial charge in [-0.2, -0.15) is 5.10 Å². The molecule has 1 aromatic carbocycles. The fraction of sp³-hybridized carbons (Fsp3) is 0.467. The predicted octanol–water partition coefficient (Wildman–Crippen LogP) is 1.16. The Labute approximate surface area is 117 Å². The summed E-state index contributed by atoms with van der Waals surface area (Å²) < 4.78 is 6.88. The minimum absolute atomic E-state index is 0.0283. The highest BCUT2D eigenvalue weighted by molar-refractivity contribution is 5.80. The molecule has 1 N–H and O–H groups in total. The standard InChI is InChI=1S/C15H19N3O2/c1-11(17-13-6-7-20-10-13)9-18-15(19)14-5-3-2-4-12(14)8-16-18/h2-5,8,11,13,17H,6-7,9-10H2,1H3/t11-,13-/m0/s1. The molecule has 0 spiro atoms. The van der Waals surface area contributed by atoms with Crippen LogP contribution in [0.5, 0.6) is 0 Å². The highest BCUT2D eigenvalue weighted by Gasteiger charge is 2.18. The van der Waals surface area contributed by atoms with Crippen LogP contribution in [0.1, 0.15) is 13.3 Å². The number of nitrogens with one attached hydrogen (secondary N) is 1. The topological polar surface area (TPSA) is 56.2 Å². The average molecular weight is 273 g/mol. The van der Waals surface area contributed by atoms with Crippen molar-refractivity contribution in [2.75, 3.05) is 13.2 Å². The SMILES string of the molecule is C[C@@H](Cn1ncc2ccccc2c1=O)N[C@H]1CCOC1. The van der Waals surface area contributed by atoms with Crippen LogP contribution in [0.25, 0.3) is 10.8 Å². The summed E-state index contributed by atoms with van der Waals surface area (Å²) in [7, 11) is 0. The number of rotatable bonds is 4. The van der Waals surface area contributed by atoms with Crippen LogP contribution in [0.15, 0.2) is 35.3 Å². The molecular formula is C15H19N3O2. The van der Waals surface area contributed by atoms with E-state index in [2.05, 4.69) is 17.3 Å². The molecule has 3 rings (SSSR count). The van der Waals surface area contributed by atoms with Gasteiger partial charge in [0.25, 0.3) is 5.56 Å². The summed E-state index contributed by atoms with van der Waals surface area (Å²) in [6.45, 7) is 4.21. The summed E-state index contributed by atoms with van der Waals surface area (Å²) in [6.07, 6.45) is 2.78. The van der Waals surface area contributed by atoms with Crippen molar-refractivity contribution in [3.8, 4) is 0 Å². The van der Waals surface area contributed by atoms with E-state index in [1.54, 1.807) is 6.20 Å². The van der Waals surface area contributed by atoms with Gasteiger partial charge in [0.05, 0.1) is 24.7 Å². The van der Waals surface area contributed by atoms with Gasteiger partial charge >= 0.3 is 0 Å². The van der Waals surface area contributed by atoms with Gasteiger partial charge in [0.1, 0.15) is 0 Å². The van der Waals surface area contributed by atoms with Crippen molar-refractivity contribution >= 4 is 10.8 Å². The number of aromatic nitrogens is 2. The summed E-state index contributed by atoms with van der Waals surface area (Å²) in [4.78, 5) is 12.3. The molecule has 1 fully saturated rings. The molecule has 5 heteroatoms. The van der Waals surface area contributed by atoms with Gasteiger partial charge in [0.2, 0.25) is 0 Å². The molecule has 0 saturated carbocycles. The molecule has 1 aliphatic rings. The van der Waals surface area contributed by atoms with Crippen molar-refractivity contribution in [2.24, 2.45) is 0 Å². The van der Waals surface area contributed by atoms with Gasteiger partial charge in [0.15, 0.2) is 0 Å². The maximum atomic E-state index is 12.3. The van der Waals surface area contributed by atoms with Crippen molar-refractivity contribution in [1.82, 2.24) is 15.1 Å². The molecule has 1 saturated heterocycles. The number of hydrogen-bond acceptors (Lipinski definition) is 4. The number of hydrogen-bond donors (Lipinski definition) is 1. The van der Waals surface area contributed by atoms with Crippen molar-refractivity contribution in [3.05, 3.63) is 40.8 Å². The van der Waals surface area contributed by atoms with E-state index in [0.717, 1.165) is 30.4 Å². The largest absolute Gasteiger partial charge is 0.380 e. The molecule has 0 amide bonds. The quantitative estimate of drug-likeness (QED) is 0.908. The Kier molecular flexibility index (Phi) is 3.80. The second-order valence-electron chi connectivity index (χ2n) is 5.35. The molecule has 0 radical (unpaired) electrons. The Hall–Kier alpha value is -1.72. The van der Waals surface area contributed by atoms with E-state index in [9.17, 15) is 4.79 Å². The van der Waals surface area contributed by atoms with Crippen molar-refractivity contribution in [3.63, 3.8) is 0 Å². The molecule has 0 aliphatic carbocycles. The Morgan fingerprint density at radius 1 is 1.50 bits per heavy atom. The van der Waals surface area contributed by atoms with Crippen LogP contribution in [0.2, 0.25) is 0 Å². The number of nitrogens with zero attached hydrogens (tertiary/aromatic N) is 2. The van der Waals surface area contributed by atoms with Gasteiger partial charge in [-0.05, 0) is 19.4 Å². The first-order valence-corrected chi connectivity index (χ1v) is 7.02. The lowest BCUT2D eigenvalue weighted by atomic mass is 10.2. The molecule has 20 heavy (non-hydrogen) atoms. The monoisotopic (exact) mass is 273 g/mol. The second-order valence-corrected chi connectivity index (χ2v) is 5.35. The lowest BCUT2D eigenvalue weighted by Gasteiger charge is -2.18. The summed E-state index contributed by atoms with van der Waals surface area (Å²) in [6, 6.07) is 8.13. The van der Waals surface area contributed by atoms with Gasteiger partial charge < -0.3 is 10.1 Å². The van der Waals surface area contributed by atoms with Crippen LogP contribution >= 0.6 is 0 Å². The molecule has 1 aliphatic heterocycles. The normalized spacial score (nSPS) is 20.4. The molecule has 0 bridgehead atoms. The zero-order chi connectivity index (χ0) is 13.9. The van der Waals surface area contributed by atoms with E-state index in [1.165, 1.54) is 4.68 Å². The Morgan fingerprint density at radius 2 is 2.35 bits per heavy atom. The smallest absolute Gasteiger partial charge is 0.274 e. The highest BCUT2D eigenvalue weighted by Crippen LogP contribution is 2.07. The van der Waals surface area contributed by atoms with Crippen LogP contribution in [0.3, 0.4) is 0 Å². The minimum atomic E-state index is -0.0283. The van der Waals surface area contributed by atoms with Crippen LogP contribution in [-0.4, -0.2) is 35.1 Å². The number of benzene rings is 1. The lowest BCUT2D eigenvalue weighted by Crippen LogP contribution is -2.41. The highest BCUT2D eigenvalue weighted by atomic mass is 16.5. The Balaban J connectivity index is 1.76. The summed E-state index contributed by atoms with van der Waals surface area (Å²) in [5.74, 6) is 0. The fourth-order valence-corrected chi connectivity index (χ4v) is 2.64. The molecule has 2 heterocycles. The Bertz CT molecular complexity index is 647. The first-order chi connectivity index (χ1) is 9.74. The molecule has 5 nitrogen and oxygen atoms in total. The second kappa shape index (κ2) is 5.73. The van der Waals surface area contributed by atoms with Crippen molar-refractivity contribution in [2.45, 2.75) is 32.0 Å². The first-order valence-electron chi connectivity index (χ1n) is 7.02. The molecular weight excluding hydrogens is 254 g/mol. The van der Waals surface area contributed by atoms with Crippen LogP contribution < -0.4 is 10.9 Å². The first kappa shape index (κ1) is 13.3. The maximum Gasteiger partial charge on any atom is 0.274 e. The number of fused-ring (bicyclic) bond motifs is 1. The zero-order valence-corrected chi connectivity index (χ0v) is 11.6. The van der Waals surface area contributed by atoms with Crippen LogP contribution in [0, 0.1) is 0 Å². The molecule has 2 atom stereocenters. The van der Waals surface area contributed by atoms with Gasteiger partial charge in [-0.1, -0.05) is 18.2 Å². The van der Waals surface area contributed by atoms with Crippen molar-refractivity contribution in [1.29, 1.82) is 0 Å². The van der Waals surface area contributed by atoms with E-state index in [1.807, 2.05) is 24.3 Å². The number of ether oxygens (including phenoxy) is 1. The van der Waals surface area contributed by atoms with E-state index >= 15 is 0 Å². The lowest BCUT2D eigenvalue weighted by molar-refractivity contribution is 0.187. The minimum Gasteiger partial charge on any atom is -0.380 e. The molecule has 2 aromatic rings. The van der Waals surface area contributed by atoms with E-state index in [-0.39, 0.29) is 11.6 Å². The molecule has 1 aromatic heterocycles. The van der Waals surface area contributed by atoms with E-state index in [4.69, 9.17) is 4.74 Å². The van der Waals surface area contributed by atoms with E-state index in [0.29, 0.717) is 12.6 Å². The third-order valence-corrected chi connectivity index (χ3v) is 3.66. The zero-order valence-electron chi connectivity index (χ0n) is 11.6. The molecule has 106 valence electrons. The van der Waals surface area contributed by atoms with Gasteiger partial charge in [-0.25, -0.2) is 4.68 Å².